The van der Waals surface area contributed by atoms with E-state index in [2.05, 4.69) is 15.1 Å². The number of benzene rings is 3. The zero-order valence-electron chi connectivity index (χ0n) is 21.4. The molecule has 12 heteroatoms. The third kappa shape index (κ3) is 6.03. The number of likely N-dealkylation sites (tertiary alicyclic amines) is 1. The maximum absolute atomic E-state index is 13.9. The van der Waals surface area contributed by atoms with Crippen molar-refractivity contribution in [3.63, 3.8) is 0 Å². The number of hydrogen-bond donors (Lipinski definition) is 2. The largest absolute Gasteiger partial charge is 0.471 e. The summed E-state index contributed by atoms with van der Waals surface area (Å²) in [4.78, 5) is 15.7. The van der Waals surface area contributed by atoms with E-state index in [1.165, 1.54) is 30.3 Å². The smallest absolute Gasteiger partial charge is 0.304 e. The van der Waals surface area contributed by atoms with Crippen LogP contribution >= 0.6 is 0 Å². The minimum Gasteiger partial charge on any atom is -0.304 e. The highest BCUT2D eigenvalue weighted by Crippen LogP contribution is 2.34. The zero-order valence-corrected chi connectivity index (χ0v) is 22.3. The Morgan fingerprint density at radius 1 is 1.02 bits per heavy atom. The summed E-state index contributed by atoms with van der Waals surface area (Å²) in [5, 5.41) is 12.8. The average molecular weight is 572 g/mol. The average Bonchev–Trinajstić information content (AvgIpc) is 3.60. The summed E-state index contributed by atoms with van der Waals surface area (Å²) in [5.41, 5.74) is 2.13. The molecule has 0 bridgehead atoms. The molecule has 3 N–H and O–H groups in total. The topological polar surface area (TPSA) is 112 Å². The lowest BCUT2D eigenvalue weighted by Crippen LogP contribution is -2.45. The van der Waals surface area contributed by atoms with Crippen LogP contribution in [0.2, 0.25) is 0 Å². The number of aromatic nitrogens is 2. The number of H-pyrrole nitrogens is 1. The number of rotatable bonds is 8. The van der Waals surface area contributed by atoms with Crippen molar-refractivity contribution in [3.8, 4) is 11.3 Å². The van der Waals surface area contributed by atoms with E-state index in [0.29, 0.717) is 28.7 Å². The highest BCUT2D eigenvalue weighted by molar-refractivity contribution is 7.89. The summed E-state index contributed by atoms with van der Waals surface area (Å²) in [6, 6.07) is 19.5. The maximum atomic E-state index is 13.9. The molecule has 4 aromatic rings. The lowest BCUT2D eigenvalue weighted by molar-refractivity contribution is -0.170. The second-order valence-electron chi connectivity index (χ2n) is 9.90. The molecule has 1 aliphatic heterocycles. The van der Waals surface area contributed by atoms with Crippen molar-refractivity contribution in [2.24, 2.45) is 5.14 Å². The van der Waals surface area contributed by atoms with Gasteiger partial charge in [-0.2, -0.15) is 18.3 Å². The van der Waals surface area contributed by atoms with E-state index in [-0.39, 0.29) is 23.0 Å². The van der Waals surface area contributed by atoms with Gasteiger partial charge in [0.1, 0.15) is 5.69 Å². The van der Waals surface area contributed by atoms with E-state index >= 15 is 0 Å². The predicted octanol–water partition coefficient (Wildman–Crippen LogP) is 4.65. The van der Waals surface area contributed by atoms with Crippen molar-refractivity contribution in [2.75, 3.05) is 31.1 Å². The fourth-order valence-corrected chi connectivity index (χ4v) is 5.72. The van der Waals surface area contributed by atoms with E-state index in [1.807, 2.05) is 30.3 Å². The molecule has 1 saturated heterocycles. The first-order chi connectivity index (χ1) is 19.0. The van der Waals surface area contributed by atoms with Crippen LogP contribution in [0.5, 0.6) is 0 Å². The van der Waals surface area contributed by atoms with Gasteiger partial charge in [0.25, 0.3) is 0 Å². The van der Waals surface area contributed by atoms with E-state index in [4.69, 9.17) is 5.14 Å². The Labute approximate surface area is 229 Å². The Hall–Kier alpha value is -3.74. The van der Waals surface area contributed by atoms with Crippen molar-refractivity contribution >= 4 is 32.5 Å². The number of sulfonamides is 1. The monoisotopic (exact) mass is 571 g/mol. The lowest BCUT2D eigenvalue weighted by Gasteiger charge is -2.31. The first-order valence-corrected chi connectivity index (χ1v) is 14.3. The van der Waals surface area contributed by atoms with Crippen LogP contribution in [0.1, 0.15) is 24.3 Å². The predicted molar refractivity (Wildman–Crippen MR) is 146 cm³/mol. The van der Waals surface area contributed by atoms with Gasteiger partial charge in [-0.15, -0.1) is 0 Å². The number of hydrogen-bond acceptors (Lipinski definition) is 5. The van der Waals surface area contributed by atoms with Crippen LogP contribution in [-0.2, 0) is 14.8 Å². The number of alkyl halides is 3. The molecule has 1 unspecified atom stereocenters. The second-order valence-corrected chi connectivity index (χ2v) is 11.5. The quantitative estimate of drug-likeness (QED) is 0.320. The Kier molecular flexibility index (Phi) is 7.67. The molecular formula is C28H28F3N5O3S. The van der Waals surface area contributed by atoms with Crippen LogP contribution in [0, 0.1) is 0 Å². The van der Waals surface area contributed by atoms with E-state index in [0.717, 1.165) is 36.4 Å². The molecule has 1 fully saturated rings. The molecule has 1 aromatic heterocycles. The Bertz CT molecular complexity index is 1620. The minimum atomic E-state index is -5.09. The number of nitrogens with two attached hydrogens (primary N) is 1. The molecular weight excluding hydrogens is 543 g/mol. The van der Waals surface area contributed by atoms with Gasteiger partial charge in [0.05, 0.1) is 10.4 Å². The number of carbonyl (C=O) groups is 1. The molecule has 1 aliphatic rings. The highest BCUT2D eigenvalue weighted by Gasteiger charge is 2.44. The third-order valence-corrected chi connectivity index (χ3v) is 8.04. The zero-order chi connectivity index (χ0) is 28.5. The molecule has 5 rings (SSSR count). The first-order valence-electron chi connectivity index (χ1n) is 12.8. The van der Waals surface area contributed by atoms with Crippen LogP contribution in [-0.4, -0.2) is 61.8 Å². The van der Waals surface area contributed by atoms with Crippen LogP contribution in [0.3, 0.4) is 0 Å². The van der Waals surface area contributed by atoms with Gasteiger partial charge in [0, 0.05) is 35.6 Å². The van der Waals surface area contributed by atoms with Gasteiger partial charge >= 0.3 is 12.1 Å². The lowest BCUT2D eigenvalue weighted by atomic mass is 9.97. The summed E-state index contributed by atoms with van der Waals surface area (Å²) in [7, 11) is -3.99. The number of amides is 1. The maximum Gasteiger partial charge on any atom is 0.471 e. The summed E-state index contributed by atoms with van der Waals surface area (Å²) >= 11 is 0. The van der Waals surface area contributed by atoms with Crippen LogP contribution in [0.25, 0.3) is 22.2 Å². The van der Waals surface area contributed by atoms with Gasteiger partial charge in [0.15, 0.2) is 0 Å². The number of fused-ring (bicyclic) bond motifs is 1. The number of primary sulfonamides is 1. The van der Waals surface area contributed by atoms with E-state index in [9.17, 15) is 26.4 Å². The Morgan fingerprint density at radius 3 is 2.42 bits per heavy atom. The molecule has 8 nitrogen and oxygen atoms in total. The normalized spacial score (nSPS) is 15.4. The van der Waals surface area contributed by atoms with E-state index in [1.54, 1.807) is 12.1 Å². The van der Waals surface area contributed by atoms with Crippen molar-refractivity contribution in [1.82, 2.24) is 15.1 Å². The van der Waals surface area contributed by atoms with Gasteiger partial charge < -0.3 is 9.80 Å². The Balaban J connectivity index is 1.57. The number of aromatic amines is 1. The van der Waals surface area contributed by atoms with Crippen LogP contribution < -0.4 is 10.0 Å². The molecule has 210 valence electrons. The van der Waals surface area contributed by atoms with Crippen molar-refractivity contribution in [2.45, 2.75) is 29.8 Å². The molecule has 40 heavy (non-hydrogen) atoms. The molecule has 1 atom stereocenters. The fourth-order valence-electron chi connectivity index (χ4n) is 5.16. The van der Waals surface area contributed by atoms with Crippen LogP contribution in [0.4, 0.5) is 18.9 Å². The number of nitrogens with one attached hydrogen (secondary N) is 1. The third-order valence-electron chi connectivity index (χ3n) is 7.13. The second kappa shape index (κ2) is 11.0. The summed E-state index contributed by atoms with van der Waals surface area (Å²) in [5.74, 6) is -2.33. The van der Waals surface area contributed by atoms with Crippen molar-refractivity contribution < 1.29 is 26.4 Å². The standard InChI is InChI=1S/C28H28F3N5O3S/c29-28(30,31)27(37)36(18-21(17-35-13-4-5-14-35)19-7-2-1-3-8-19)22-11-12-25-24(16-22)26(34-33-25)20-9-6-10-23(15-20)40(32,38)39/h1-3,6-12,15-16,21H,4-5,13-14,17-18H2,(H,33,34)(H2,32,38,39). The SMILES string of the molecule is NS(=O)(=O)c1cccc(-c2n[nH]c3ccc(N(CC(CN4CCCC4)c4ccccc4)C(=O)C(F)(F)F)cc23)c1. The van der Waals surface area contributed by atoms with Crippen LogP contribution in [0.15, 0.2) is 77.7 Å². The Morgan fingerprint density at radius 2 is 1.75 bits per heavy atom. The van der Waals surface area contributed by atoms with E-state index < -0.39 is 22.1 Å². The fraction of sp³-hybridized carbons (Fsp3) is 0.286. The van der Waals surface area contributed by atoms with Crippen molar-refractivity contribution in [1.29, 1.82) is 0 Å². The van der Waals surface area contributed by atoms with Gasteiger partial charge in [-0.1, -0.05) is 42.5 Å². The summed E-state index contributed by atoms with van der Waals surface area (Å²) in [6.07, 6.45) is -3.04. The molecule has 1 amide bonds. The van der Waals surface area contributed by atoms with Crippen molar-refractivity contribution in [3.05, 3.63) is 78.4 Å². The molecule has 0 aliphatic carbocycles. The van der Waals surface area contributed by atoms with Gasteiger partial charge in [-0.05, 0) is 61.8 Å². The van der Waals surface area contributed by atoms with Gasteiger partial charge in [-0.25, -0.2) is 13.6 Å². The molecule has 0 spiro atoms. The molecule has 0 radical (unpaired) electrons. The number of anilines is 1. The minimum absolute atomic E-state index is 0.0578. The number of nitrogens with zero attached hydrogens (tertiary/aromatic N) is 3. The van der Waals surface area contributed by atoms with Gasteiger partial charge in [0.2, 0.25) is 10.0 Å². The molecule has 2 heterocycles. The highest BCUT2D eigenvalue weighted by atomic mass is 32.2. The first kappa shape index (κ1) is 27.8. The number of carbonyl (C=O) groups excluding carboxylic acids is 1. The summed E-state index contributed by atoms with van der Waals surface area (Å²) in [6.45, 7) is 2.06. The summed E-state index contributed by atoms with van der Waals surface area (Å²) < 4.78 is 65.5. The number of halogens is 3. The van der Waals surface area contributed by atoms with Gasteiger partial charge in [-0.3, -0.25) is 9.89 Å². The molecule has 0 saturated carbocycles. The molecule has 3 aromatic carbocycles.